The number of hydrogen-bond donors (Lipinski definition) is 1. The lowest BCUT2D eigenvalue weighted by atomic mass is 9.98. The van der Waals surface area contributed by atoms with Gasteiger partial charge in [0.25, 0.3) is 0 Å². The smallest absolute Gasteiger partial charge is 0.0398 e. The van der Waals surface area contributed by atoms with Crippen LogP contribution in [0.5, 0.6) is 0 Å². The summed E-state index contributed by atoms with van der Waals surface area (Å²) < 4.78 is 0. The van der Waals surface area contributed by atoms with Crippen molar-refractivity contribution in [3.8, 4) is 0 Å². The number of aryl methyl sites for hydroxylation is 2. The minimum atomic E-state index is 0.630. The molecule has 0 fully saturated rings. The predicted octanol–water partition coefficient (Wildman–Crippen LogP) is 2.73. The number of nitrogens with zero attached hydrogens (tertiary/aromatic N) is 1. The van der Waals surface area contributed by atoms with Gasteiger partial charge < -0.3 is 10.6 Å². The average Bonchev–Trinajstić information content (AvgIpc) is 2.35. The molecule has 1 aliphatic heterocycles. The summed E-state index contributed by atoms with van der Waals surface area (Å²) in [7, 11) is 0. The van der Waals surface area contributed by atoms with Crippen LogP contribution >= 0.6 is 0 Å². The SMILES string of the molecule is Cc1ccc2c(c1)CCCN2CCC(C)CN. The molecular weight excluding hydrogens is 208 g/mol. The summed E-state index contributed by atoms with van der Waals surface area (Å²) in [6.07, 6.45) is 3.72. The van der Waals surface area contributed by atoms with Crippen molar-refractivity contribution in [3.05, 3.63) is 29.3 Å². The zero-order valence-corrected chi connectivity index (χ0v) is 11.1. The van der Waals surface area contributed by atoms with Gasteiger partial charge in [0, 0.05) is 18.8 Å². The Morgan fingerprint density at radius 1 is 1.41 bits per heavy atom. The van der Waals surface area contributed by atoms with E-state index >= 15 is 0 Å². The molecule has 1 atom stereocenters. The van der Waals surface area contributed by atoms with Gasteiger partial charge in [0.1, 0.15) is 0 Å². The summed E-state index contributed by atoms with van der Waals surface area (Å²) in [6, 6.07) is 6.86. The number of hydrogen-bond acceptors (Lipinski definition) is 2. The minimum absolute atomic E-state index is 0.630. The first-order valence-electron chi connectivity index (χ1n) is 6.75. The van der Waals surface area contributed by atoms with E-state index in [1.54, 1.807) is 0 Å². The van der Waals surface area contributed by atoms with E-state index in [-0.39, 0.29) is 0 Å². The summed E-state index contributed by atoms with van der Waals surface area (Å²) in [5.74, 6) is 0.630. The lowest BCUT2D eigenvalue weighted by Crippen LogP contribution is -2.31. The van der Waals surface area contributed by atoms with Crippen molar-refractivity contribution in [2.75, 3.05) is 24.5 Å². The molecule has 0 saturated heterocycles. The third-order valence-electron chi connectivity index (χ3n) is 3.74. The lowest BCUT2D eigenvalue weighted by molar-refractivity contribution is 0.528. The maximum atomic E-state index is 5.68. The van der Waals surface area contributed by atoms with Crippen LogP contribution in [0.1, 0.15) is 30.9 Å². The molecule has 0 saturated carbocycles. The van der Waals surface area contributed by atoms with Gasteiger partial charge in [-0.2, -0.15) is 0 Å². The quantitative estimate of drug-likeness (QED) is 0.865. The number of nitrogens with two attached hydrogens (primary N) is 1. The molecule has 1 aliphatic rings. The van der Waals surface area contributed by atoms with Crippen LogP contribution in [0.15, 0.2) is 18.2 Å². The fraction of sp³-hybridized carbons (Fsp3) is 0.600. The van der Waals surface area contributed by atoms with Crippen LogP contribution in [-0.4, -0.2) is 19.6 Å². The average molecular weight is 232 g/mol. The maximum Gasteiger partial charge on any atom is 0.0398 e. The fourth-order valence-corrected chi connectivity index (χ4v) is 2.53. The first kappa shape index (κ1) is 12.4. The summed E-state index contributed by atoms with van der Waals surface area (Å²) in [5, 5.41) is 0. The zero-order chi connectivity index (χ0) is 12.3. The van der Waals surface area contributed by atoms with Gasteiger partial charge in [-0.25, -0.2) is 0 Å². The molecule has 2 heteroatoms. The van der Waals surface area contributed by atoms with Crippen molar-refractivity contribution in [2.45, 2.75) is 33.1 Å². The first-order chi connectivity index (χ1) is 8.20. The number of fused-ring (bicyclic) bond motifs is 1. The Hall–Kier alpha value is -1.02. The third kappa shape index (κ3) is 3.01. The van der Waals surface area contributed by atoms with Crippen LogP contribution in [0.4, 0.5) is 5.69 Å². The molecule has 0 spiro atoms. The molecule has 0 radical (unpaired) electrons. The van der Waals surface area contributed by atoms with Gasteiger partial charge in [-0.3, -0.25) is 0 Å². The molecule has 1 aromatic rings. The molecule has 94 valence electrons. The molecule has 1 unspecified atom stereocenters. The van der Waals surface area contributed by atoms with Crippen molar-refractivity contribution >= 4 is 5.69 Å². The van der Waals surface area contributed by atoms with E-state index in [1.165, 1.54) is 42.6 Å². The molecule has 2 nitrogen and oxygen atoms in total. The van der Waals surface area contributed by atoms with Crippen LogP contribution in [0.25, 0.3) is 0 Å². The van der Waals surface area contributed by atoms with Crippen molar-refractivity contribution < 1.29 is 0 Å². The Labute approximate surface area is 105 Å². The van der Waals surface area contributed by atoms with Crippen LogP contribution < -0.4 is 10.6 Å². The summed E-state index contributed by atoms with van der Waals surface area (Å²) in [4.78, 5) is 2.53. The number of rotatable bonds is 4. The Morgan fingerprint density at radius 3 is 3.00 bits per heavy atom. The summed E-state index contributed by atoms with van der Waals surface area (Å²) >= 11 is 0. The molecule has 1 aromatic carbocycles. The largest absolute Gasteiger partial charge is 0.371 e. The highest BCUT2D eigenvalue weighted by Gasteiger charge is 2.16. The minimum Gasteiger partial charge on any atom is -0.371 e. The standard InChI is InChI=1S/C15H24N2/c1-12-5-6-15-14(10-12)4-3-8-17(15)9-7-13(2)11-16/h5-6,10,13H,3-4,7-9,11,16H2,1-2H3. The van der Waals surface area contributed by atoms with Gasteiger partial charge in [-0.05, 0) is 50.3 Å². The molecule has 0 aromatic heterocycles. The van der Waals surface area contributed by atoms with E-state index in [9.17, 15) is 0 Å². The normalized spacial score (nSPS) is 16.8. The second-order valence-corrected chi connectivity index (χ2v) is 5.35. The third-order valence-corrected chi connectivity index (χ3v) is 3.74. The molecule has 0 amide bonds. The fourth-order valence-electron chi connectivity index (χ4n) is 2.53. The Balaban J connectivity index is 2.06. The highest BCUT2D eigenvalue weighted by atomic mass is 15.1. The van der Waals surface area contributed by atoms with E-state index in [0.717, 1.165) is 13.1 Å². The Morgan fingerprint density at radius 2 is 2.24 bits per heavy atom. The monoisotopic (exact) mass is 232 g/mol. The van der Waals surface area contributed by atoms with Crippen molar-refractivity contribution in [3.63, 3.8) is 0 Å². The topological polar surface area (TPSA) is 29.3 Å². The van der Waals surface area contributed by atoms with Gasteiger partial charge in [-0.1, -0.05) is 24.6 Å². The highest BCUT2D eigenvalue weighted by molar-refractivity contribution is 5.56. The number of benzene rings is 1. The van der Waals surface area contributed by atoms with E-state index in [2.05, 4.69) is 36.9 Å². The Kier molecular flexibility index (Phi) is 4.06. The second-order valence-electron chi connectivity index (χ2n) is 5.35. The summed E-state index contributed by atoms with van der Waals surface area (Å²) in [6.45, 7) is 7.56. The molecule has 2 rings (SSSR count). The molecule has 17 heavy (non-hydrogen) atoms. The van der Waals surface area contributed by atoms with Crippen molar-refractivity contribution in [1.82, 2.24) is 0 Å². The van der Waals surface area contributed by atoms with Gasteiger partial charge in [-0.15, -0.1) is 0 Å². The van der Waals surface area contributed by atoms with E-state index in [1.807, 2.05) is 0 Å². The van der Waals surface area contributed by atoms with Crippen LogP contribution in [0.2, 0.25) is 0 Å². The predicted molar refractivity (Wildman–Crippen MR) is 74.5 cm³/mol. The molecule has 0 aliphatic carbocycles. The van der Waals surface area contributed by atoms with Gasteiger partial charge >= 0.3 is 0 Å². The second kappa shape index (κ2) is 5.54. The van der Waals surface area contributed by atoms with E-state index < -0.39 is 0 Å². The Bertz CT molecular complexity index is 373. The van der Waals surface area contributed by atoms with Crippen LogP contribution in [0, 0.1) is 12.8 Å². The molecule has 2 N–H and O–H groups in total. The van der Waals surface area contributed by atoms with E-state index in [4.69, 9.17) is 5.73 Å². The van der Waals surface area contributed by atoms with Crippen molar-refractivity contribution in [1.29, 1.82) is 0 Å². The highest BCUT2D eigenvalue weighted by Crippen LogP contribution is 2.28. The van der Waals surface area contributed by atoms with E-state index in [0.29, 0.717) is 5.92 Å². The van der Waals surface area contributed by atoms with Crippen LogP contribution in [0.3, 0.4) is 0 Å². The zero-order valence-electron chi connectivity index (χ0n) is 11.1. The molecule has 1 heterocycles. The van der Waals surface area contributed by atoms with Gasteiger partial charge in [0.2, 0.25) is 0 Å². The lowest BCUT2D eigenvalue weighted by Gasteiger charge is -2.32. The van der Waals surface area contributed by atoms with Crippen LogP contribution in [-0.2, 0) is 6.42 Å². The maximum absolute atomic E-state index is 5.68. The van der Waals surface area contributed by atoms with Gasteiger partial charge in [0.15, 0.2) is 0 Å². The first-order valence-corrected chi connectivity index (χ1v) is 6.75. The molecule has 0 bridgehead atoms. The van der Waals surface area contributed by atoms with Crippen molar-refractivity contribution in [2.24, 2.45) is 11.7 Å². The molecular formula is C15H24N2. The van der Waals surface area contributed by atoms with Gasteiger partial charge in [0.05, 0.1) is 0 Å². The number of anilines is 1. The summed E-state index contributed by atoms with van der Waals surface area (Å²) in [5.41, 5.74) is 10.0.